The molecule has 92 valence electrons. The summed E-state index contributed by atoms with van der Waals surface area (Å²) in [6.45, 7) is 1.38. The van der Waals surface area contributed by atoms with Crippen LogP contribution in [0.5, 0.6) is 0 Å². The van der Waals surface area contributed by atoms with Crippen molar-refractivity contribution >= 4 is 21.8 Å². The van der Waals surface area contributed by atoms with Crippen molar-refractivity contribution in [1.29, 1.82) is 0 Å². The van der Waals surface area contributed by atoms with Crippen LogP contribution < -0.4 is 5.73 Å². The molecule has 0 aromatic heterocycles. The molecule has 0 aliphatic carbocycles. The Morgan fingerprint density at radius 2 is 2.35 bits per heavy atom. The lowest BCUT2D eigenvalue weighted by molar-refractivity contribution is -0.122. The molecule has 1 saturated heterocycles. The second kappa shape index (κ2) is 5.14. The predicted octanol–water partition coefficient (Wildman–Crippen LogP) is 2.04. The van der Waals surface area contributed by atoms with E-state index in [9.17, 15) is 9.18 Å². The Hall–Kier alpha value is -0.940. The lowest BCUT2D eigenvalue weighted by Gasteiger charge is -2.22. The largest absolute Gasteiger partial charge is 0.368 e. The molecule has 1 aromatic rings. The molecule has 0 bridgehead atoms. The molecule has 1 heterocycles. The van der Waals surface area contributed by atoms with Crippen LogP contribution in [0.2, 0.25) is 0 Å². The summed E-state index contributed by atoms with van der Waals surface area (Å²) in [5.41, 5.74) is 6.19. The molecular formula is C12H14BrFN2O. The highest BCUT2D eigenvalue weighted by molar-refractivity contribution is 9.10. The van der Waals surface area contributed by atoms with Crippen LogP contribution in [-0.4, -0.2) is 23.4 Å². The third-order valence-corrected chi connectivity index (χ3v) is 3.85. The Balaban J connectivity index is 2.15. The number of rotatable bonds is 3. The van der Waals surface area contributed by atoms with Crippen LogP contribution in [0.1, 0.15) is 18.4 Å². The fourth-order valence-corrected chi connectivity index (χ4v) is 2.59. The zero-order valence-corrected chi connectivity index (χ0v) is 10.9. The van der Waals surface area contributed by atoms with E-state index in [1.54, 1.807) is 6.07 Å². The highest BCUT2D eigenvalue weighted by Crippen LogP contribution is 2.24. The number of hydrogen-bond acceptors (Lipinski definition) is 2. The molecule has 1 aromatic carbocycles. The SMILES string of the molecule is NC(=O)[C@H]1CCCN1Cc1cc(F)ccc1Br. The molecule has 0 radical (unpaired) electrons. The molecule has 1 amide bonds. The minimum Gasteiger partial charge on any atom is -0.368 e. The standard InChI is InChI=1S/C12H14BrFN2O/c13-10-4-3-9(14)6-8(10)7-16-5-1-2-11(16)12(15)17/h3-4,6,11H,1-2,5,7H2,(H2,15,17)/t11-/m1/s1. The van der Waals surface area contributed by atoms with Crippen LogP contribution >= 0.6 is 15.9 Å². The molecule has 2 N–H and O–H groups in total. The van der Waals surface area contributed by atoms with Gasteiger partial charge in [0.15, 0.2) is 0 Å². The average Bonchev–Trinajstić information content (AvgIpc) is 2.71. The van der Waals surface area contributed by atoms with E-state index in [1.165, 1.54) is 12.1 Å². The highest BCUT2D eigenvalue weighted by Gasteiger charge is 2.29. The molecule has 2 rings (SSSR count). The lowest BCUT2D eigenvalue weighted by Crippen LogP contribution is -2.39. The average molecular weight is 301 g/mol. The van der Waals surface area contributed by atoms with Crippen LogP contribution in [0.15, 0.2) is 22.7 Å². The van der Waals surface area contributed by atoms with Crippen LogP contribution in [0, 0.1) is 5.82 Å². The van der Waals surface area contributed by atoms with E-state index in [0.29, 0.717) is 6.54 Å². The topological polar surface area (TPSA) is 46.3 Å². The van der Waals surface area contributed by atoms with Gasteiger partial charge in [-0.15, -0.1) is 0 Å². The first-order valence-electron chi connectivity index (χ1n) is 5.55. The molecule has 1 atom stereocenters. The minimum atomic E-state index is -0.296. The van der Waals surface area contributed by atoms with Gasteiger partial charge in [-0.25, -0.2) is 4.39 Å². The van der Waals surface area contributed by atoms with Gasteiger partial charge in [0.05, 0.1) is 6.04 Å². The zero-order chi connectivity index (χ0) is 12.4. The van der Waals surface area contributed by atoms with Crippen molar-refractivity contribution in [2.24, 2.45) is 5.73 Å². The van der Waals surface area contributed by atoms with Gasteiger partial charge in [-0.3, -0.25) is 9.69 Å². The van der Waals surface area contributed by atoms with Crippen molar-refractivity contribution in [1.82, 2.24) is 4.90 Å². The normalized spacial score (nSPS) is 20.7. The zero-order valence-electron chi connectivity index (χ0n) is 9.33. The van der Waals surface area contributed by atoms with E-state index in [0.717, 1.165) is 29.4 Å². The van der Waals surface area contributed by atoms with Gasteiger partial charge in [0.2, 0.25) is 5.91 Å². The van der Waals surface area contributed by atoms with Crippen molar-refractivity contribution in [3.05, 3.63) is 34.1 Å². The molecule has 17 heavy (non-hydrogen) atoms. The van der Waals surface area contributed by atoms with E-state index >= 15 is 0 Å². The number of carbonyl (C=O) groups excluding carboxylic acids is 1. The number of hydrogen-bond donors (Lipinski definition) is 1. The number of benzene rings is 1. The van der Waals surface area contributed by atoms with Crippen LogP contribution in [-0.2, 0) is 11.3 Å². The number of likely N-dealkylation sites (tertiary alicyclic amines) is 1. The van der Waals surface area contributed by atoms with Crippen LogP contribution in [0.3, 0.4) is 0 Å². The van der Waals surface area contributed by atoms with E-state index in [-0.39, 0.29) is 17.8 Å². The molecule has 0 spiro atoms. The van der Waals surface area contributed by atoms with Gasteiger partial charge in [-0.2, -0.15) is 0 Å². The van der Waals surface area contributed by atoms with E-state index in [1.807, 2.05) is 4.90 Å². The molecule has 0 saturated carbocycles. The summed E-state index contributed by atoms with van der Waals surface area (Å²) in [6, 6.07) is 4.36. The maximum Gasteiger partial charge on any atom is 0.234 e. The highest BCUT2D eigenvalue weighted by atomic mass is 79.9. The van der Waals surface area contributed by atoms with Crippen molar-refractivity contribution in [3.63, 3.8) is 0 Å². The molecule has 1 fully saturated rings. The summed E-state index contributed by atoms with van der Waals surface area (Å²) >= 11 is 3.39. The van der Waals surface area contributed by atoms with E-state index < -0.39 is 0 Å². The van der Waals surface area contributed by atoms with Gasteiger partial charge >= 0.3 is 0 Å². The number of halogens is 2. The van der Waals surface area contributed by atoms with E-state index in [4.69, 9.17) is 5.73 Å². The van der Waals surface area contributed by atoms with E-state index in [2.05, 4.69) is 15.9 Å². The maximum atomic E-state index is 13.1. The lowest BCUT2D eigenvalue weighted by atomic mass is 10.1. The van der Waals surface area contributed by atoms with Gasteiger partial charge in [-0.1, -0.05) is 15.9 Å². The second-order valence-electron chi connectivity index (χ2n) is 4.27. The number of primary amides is 1. The smallest absolute Gasteiger partial charge is 0.234 e. The predicted molar refractivity (Wildman–Crippen MR) is 66.7 cm³/mol. The second-order valence-corrected chi connectivity index (χ2v) is 5.12. The maximum absolute atomic E-state index is 13.1. The summed E-state index contributed by atoms with van der Waals surface area (Å²) in [5, 5.41) is 0. The Bertz CT molecular complexity index is 439. The number of carbonyl (C=O) groups is 1. The fourth-order valence-electron chi connectivity index (χ4n) is 2.22. The summed E-state index contributed by atoms with van der Waals surface area (Å²) in [6.07, 6.45) is 1.75. The summed E-state index contributed by atoms with van der Waals surface area (Å²) in [4.78, 5) is 13.3. The number of amides is 1. The minimum absolute atomic E-state index is 0.217. The first kappa shape index (κ1) is 12.5. The molecule has 0 unspecified atom stereocenters. The molecular weight excluding hydrogens is 287 g/mol. The molecule has 1 aliphatic heterocycles. The fraction of sp³-hybridized carbons (Fsp3) is 0.417. The molecule has 1 aliphatic rings. The van der Waals surface area contributed by atoms with Crippen LogP contribution in [0.25, 0.3) is 0 Å². The van der Waals surface area contributed by atoms with Gasteiger partial charge in [0.1, 0.15) is 5.82 Å². The Morgan fingerprint density at radius 3 is 3.06 bits per heavy atom. The third kappa shape index (κ3) is 2.84. The van der Waals surface area contributed by atoms with Gasteiger partial charge in [0, 0.05) is 11.0 Å². The number of nitrogens with zero attached hydrogens (tertiary/aromatic N) is 1. The van der Waals surface area contributed by atoms with Crippen molar-refractivity contribution in [3.8, 4) is 0 Å². The third-order valence-electron chi connectivity index (χ3n) is 3.07. The Kier molecular flexibility index (Phi) is 3.79. The molecule has 3 nitrogen and oxygen atoms in total. The summed E-state index contributed by atoms with van der Waals surface area (Å²) < 4.78 is 14.0. The molecule has 5 heteroatoms. The van der Waals surface area contributed by atoms with Gasteiger partial charge < -0.3 is 5.73 Å². The summed E-state index contributed by atoms with van der Waals surface area (Å²) in [5.74, 6) is -0.562. The van der Waals surface area contributed by atoms with Crippen molar-refractivity contribution < 1.29 is 9.18 Å². The van der Waals surface area contributed by atoms with Gasteiger partial charge in [0.25, 0.3) is 0 Å². The first-order valence-corrected chi connectivity index (χ1v) is 6.34. The van der Waals surface area contributed by atoms with Gasteiger partial charge in [-0.05, 0) is 43.1 Å². The Labute approximate surface area is 108 Å². The van der Waals surface area contributed by atoms with Crippen molar-refractivity contribution in [2.45, 2.75) is 25.4 Å². The Morgan fingerprint density at radius 1 is 1.59 bits per heavy atom. The first-order chi connectivity index (χ1) is 8.08. The quantitative estimate of drug-likeness (QED) is 0.928. The summed E-state index contributed by atoms with van der Waals surface area (Å²) in [7, 11) is 0. The van der Waals surface area contributed by atoms with Crippen LogP contribution in [0.4, 0.5) is 4.39 Å². The number of nitrogens with two attached hydrogens (primary N) is 1. The monoisotopic (exact) mass is 300 g/mol. The van der Waals surface area contributed by atoms with Crippen molar-refractivity contribution in [2.75, 3.05) is 6.54 Å².